The van der Waals surface area contributed by atoms with Crippen molar-refractivity contribution in [1.82, 2.24) is 0 Å². The first kappa shape index (κ1) is 10.4. The fourth-order valence-electron chi connectivity index (χ4n) is 2.12. The topological polar surface area (TPSA) is 66.8 Å². The molecule has 0 radical (unpaired) electrons. The Morgan fingerprint density at radius 3 is 3.07 bits per heavy atom. The zero-order valence-electron chi connectivity index (χ0n) is 8.51. The molecule has 0 spiro atoms. The highest BCUT2D eigenvalue weighted by Crippen LogP contribution is 2.38. The maximum absolute atomic E-state index is 11.6. The lowest BCUT2D eigenvalue weighted by molar-refractivity contribution is -0.153. The molecule has 1 aliphatic heterocycles. The van der Waals surface area contributed by atoms with Crippen LogP contribution in [-0.2, 0) is 9.53 Å². The Morgan fingerprint density at radius 2 is 2.40 bits per heavy atom. The number of aliphatic hydroxyl groups excluding tert-OH is 1. The predicted octanol–water partition coefficient (Wildman–Crippen LogP) is 0.505. The zero-order chi connectivity index (χ0) is 11.1. The number of rotatable bonds is 1. The molecule has 3 unspecified atom stereocenters. The van der Waals surface area contributed by atoms with E-state index in [4.69, 9.17) is 4.74 Å². The van der Waals surface area contributed by atoms with Gasteiger partial charge in [0.25, 0.3) is 0 Å². The van der Waals surface area contributed by atoms with Gasteiger partial charge in [0.05, 0.1) is 6.26 Å². The second-order valence-corrected chi connectivity index (χ2v) is 3.97. The van der Waals surface area contributed by atoms with Crippen LogP contribution in [0.5, 0.6) is 0 Å². The van der Waals surface area contributed by atoms with E-state index in [-0.39, 0.29) is 11.7 Å². The summed E-state index contributed by atoms with van der Waals surface area (Å²) in [6.45, 7) is 1.92. The van der Waals surface area contributed by atoms with Crippen molar-refractivity contribution in [2.45, 2.75) is 31.5 Å². The molecular formula is C11H14O4. The minimum Gasteiger partial charge on any atom is -0.466 e. The Hall–Kier alpha value is -1.13. The van der Waals surface area contributed by atoms with Crippen LogP contribution in [0, 0.1) is 5.92 Å². The number of hydrogen-bond donors (Lipinski definition) is 2. The van der Waals surface area contributed by atoms with E-state index in [9.17, 15) is 15.0 Å². The van der Waals surface area contributed by atoms with Crippen molar-refractivity contribution in [3.05, 3.63) is 24.2 Å². The van der Waals surface area contributed by atoms with Gasteiger partial charge >= 0.3 is 0 Å². The largest absolute Gasteiger partial charge is 0.466 e. The third-order valence-corrected chi connectivity index (χ3v) is 3.17. The van der Waals surface area contributed by atoms with Crippen molar-refractivity contribution in [2.75, 3.05) is 0 Å². The average molecular weight is 210 g/mol. The summed E-state index contributed by atoms with van der Waals surface area (Å²) in [5.41, 5.74) is -1.87. The summed E-state index contributed by atoms with van der Waals surface area (Å²) in [6, 6.07) is 0. The fraction of sp³-hybridized carbons (Fsp3) is 0.545. The van der Waals surface area contributed by atoms with Gasteiger partial charge < -0.3 is 14.9 Å². The van der Waals surface area contributed by atoms with Gasteiger partial charge in [-0.15, -0.1) is 0 Å². The highest BCUT2D eigenvalue weighted by Gasteiger charge is 2.52. The fourth-order valence-corrected chi connectivity index (χ4v) is 2.12. The number of carbonyl (C=O) groups is 1. The lowest BCUT2D eigenvalue weighted by Gasteiger charge is -2.40. The zero-order valence-corrected chi connectivity index (χ0v) is 8.51. The van der Waals surface area contributed by atoms with Crippen molar-refractivity contribution in [1.29, 1.82) is 0 Å². The SMILES string of the molecule is CCC1CC=C2OC=CC(=O)C2(O)C1O. The molecule has 2 aliphatic rings. The van der Waals surface area contributed by atoms with E-state index >= 15 is 0 Å². The number of ketones is 1. The molecule has 0 aromatic heterocycles. The summed E-state index contributed by atoms with van der Waals surface area (Å²) >= 11 is 0. The Bertz CT molecular complexity index is 344. The van der Waals surface area contributed by atoms with Crippen LogP contribution in [0.2, 0.25) is 0 Å². The van der Waals surface area contributed by atoms with E-state index in [1.807, 2.05) is 6.92 Å². The lowest BCUT2D eigenvalue weighted by atomic mass is 9.75. The molecule has 0 amide bonds. The number of carbonyl (C=O) groups excluding carboxylic acids is 1. The van der Waals surface area contributed by atoms with E-state index in [1.54, 1.807) is 6.08 Å². The molecule has 0 saturated heterocycles. The maximum Gasteiger partial charge on any atom is 0.210 e. The van der Waals surface area contributed by atoms with E-state index in [2.05, 4.69) is 0 Å². The Kier molecular flexibility index (Phi) is 2.40. The van der Waals surface area contributed by atoms with Gasteiger partial charge in [-0.1, -0.05) is 13.3 Å². The molecule has 0 aromatic carbocycles. The number of fused-ring (bicyclic) bond motifs is 1. The third kappa shape index (κ3) is 1.33. The molecular weight excluding hydrogens is 196 g/mol. The normalized spacial score (nSPS) is 39.4. The summed E-state index contributed by atoms with van der Waals surface area (Å²) in [5, 5.41) is 20.2. The Balaban J connectivity index is 2.43. The van der Waals surface area contributed by atoms with Gasteiger partial charge in [0.15, 0.2) is 0 Å². The third-order valence-electron chi connectivity index (χ3n) is 3.17. The van der Waals surface area contributed by atoms with E-state index in [1.165, 1.54) is 6.26 Å². The quantitative estimate of drug-likeness (QED) is 0.661. The average Bonchev–Trinajstić information content (AvgIpc) is 2.23. The predicted molar refractivity (Wildman–Crippen MR) is 52.7 cm³/mol. The Labute approximate surface area is 87.9 Å². The van der Waals surface area contributed by atoms with Crippen LogP contribution >= 0.6 is 0 Å². The van der Waals surface area contributed by atoms with Crippen LogP contribution in [0.3, 0.4) is 0 Å². The van der Waals surface area contributed by atoms with Crippen molar-refractivity contribution < 1.29 is 19.7 Å². The van der Waals surface area contributed by atoms with Crippen molar-refractivity contribution in [3.8, 4) is 0 Å². The van der Waals surface area contributed by atoms with E-state index < -0.39 is 17.5 Å². The Morgan fingerprint density at radius 1 is 1.67 bits per heavy atom. The van der Waals surface area contributed by atoms with Gasteiger partial charge in [0.1, 0.15) is 11.9 Å². The van der Waals surface area contributed by atoms with E-state index in [0.29, 0.717) is 12.8 Å². The van der Waals surface area contributed by atoms with Crippen LogP contribution in [-0.4, -0.2) is 27.7 Å². The second-order valence-electron chi connectivity index (χ2n) is 3.97. The summed E-state index contributed by atoms with van der Waals surface area (Å²) in [6.07, 6.45) is 4.32. The molecule has 15 heavy (non-hydrogen) atoms. The minimum atomic E-state index is -1.87. The van der Waals surface area contributed by atoms with Crippen molar-refractivity contribution in [2.24, 2.45) is 5.92 Å². The second kappa shape index (κ2) is 3.47. The molecule has 0 bridgehead atoms. The molecule has 0 saturated carbocycles. The number of allylic oxidation sites excluding steroid dienone is 1. The highest BCUT2D eigenvalue weighted by molar-refractivity contribution is 6.00. The lowest BCUT2D eigenvalue weighted by Crippen LogP contribution is -2.56. The molecule has 0 fully saturated rings. The first-order valence-corrected chi connectivity index (χ1v) is 5.09. The summed E-state index contributed by atoms with van der Waals surface area (Å²) < 4.78 is 5.07. The molecule has 0 aromatic rings. The van der Waals surface area contributed by atoms with Gasteiger partial charge in [-0.2, -0.15) is 0 Å². The van der Waals surface area contributed by atoms with Gasteiger partial charge in [-0.25, -0.2) is 0 Å². The summed E-state index contributed by atoms with van der Waals surface area (Å²) in [4.78, 5) is 11.6. The molecule has 3 atom stereocenters. The molecule has 2 rings (SSSR count). The molecule has 1 heterocycles. The van der Waals surface area contributed by atoms with Gasteiger partial charge in [0, 0.05) is 6.08 Å². The monoisotopic (exact) mass is 210 g/mol. The van der Waals surface area contributed by atoms with Gasteiger partial charge in [0.2, 0.25) is 11.4 Å². The van der Waals surface area contributed by atoms with E-state index in [0.717, 1.165) is 6.08 Å². The van der Waals surface area contributed by atoms with Gasteiger partial charge in [-0.05, 0) is 18.4 Å². The van der Waals surface area contributed by atoms with Crippen LogP contribution in [0.15, 0.2) is 24.2 Å². The first-order chi connectivity index (χ1) is 7.10. The smallest absolute Gasteiger partial charge is 0.210 e. The first-order valence-electron chi connectivity index (χ1n) is 5.09. The van der Waals surface area contributed by atoms with Crippen LogP contribution < -0.4 is 0 Å². The standard InChI is InChI=1S/C11H14O4/c1-2-7-3-4-9-11(14,10(7)13)8(12)5-6-15-9/h4-7,10,13-14H,2-3H2,1H3. The number of aliphatic hydroxyl groups is 2. The molecule has 82 valence electrons. The molecule has 4 heteroatoms. The number of hydrogen-bond acceptors (Lipinski definition) is 4. The molecule has 2 N–H and O–H groups in total. The molecule has 4 nitrogen and oxygen atoms in total. The van der Waals surface area contributed by atoms with Crippen LogP contribution in [0.25, 0.3) is 0 Å². The maximum atomic E-state index is 11.6. The molecule has 1 aliphatic carbocycles. The summed E-state index contributed by atoms with van der Waals surface area (Å²) in [5.74, 6) is -0.448. The highest BCUT2D eigenvalue weighted by atomic mass is 16.5. The van der Waals surface area contributed by atoms with Crippen molar-refractivity contribution in [3.63, 3.8) is 0 Å². The van der Waals surface area contributed by atoms with Crippen molar-refractivity contribution >= 4 is 5.78 Å². The van der Waals surface area contributed by atoms with Crippen LogP contribution in [0.1, 0.15) is 19.8 Å². The minimum absolute atomic E-state index is 0.0993. The van der Waals surface area contributed by atoms with Gasteiger partial charge in [-0.3, -0.25) is 4.79 Å². The summed E-state index contributed by atoms with van der Waals surface area (Å²) in [7, 11) is 0. The number of ether oxygens (including phenoxy) is 1. The van der Waals surface area contributed by atoms with Crippen LogP contribution in [0.4, 0.5) is 0 Å².